The second kappa shape index (κ2) is 15.5. The molecule has 0 fully saturated rings. The van der Waals surface area contributed by atoms with Crippen molar-refractivity contribution in [1.82, 2.24) is 34.8 Å². The molecule has 0 spiro atoms. The predicted molar refractivity (Wildman–Crippen MR) is 186 cm³/mol. The van der Waals surface area contributed by atoms with Crippen molar-refractivity contribution < 1.29 is 23.6 Å². The highest BCUT2D eigenvalue weighted by Gasteiger charge is 2.34. The van der Waals surface area contributed by atoms with Crippen molar-refractivity contribution in [3.8, 4) is 34.2 Å². The van der Waals surface area contributed by atoms with Crippen LogP contribution in [0, 0.1) is 0 Å². The van der Waals surface area contributed by atoms with Crippen LogP contribution in [0.5, 0.6) is 5.75 Å². The summed E-state index contributed by atoms with van der Waals surface area (Å²) >= 11 is 7.98. The Morgan fingerprint density at radius 3 is 2.36 bits per heavy atom. The summed E-state index contributed by atoms with van der Waals surface area (Å²) in [5.74, 6) is 2.04. The van der Waals surface area contributed by atoms with Crippen LogP contribution in [0.1, 0.15) is 39.4 Å². The molecule has 0 aliphatic carbocycles. The number of rotatable bonds is 15. The van der Waals surface area contributed by atoms with Gasteiger partial charge < -0.3 is 14.0 Å². The molecule has 0 N–H and O–H groups in total. The molecule has 0 atom stereocenters. The molecule has 0 bridgehead atoms. The molecule has 0 radical (unpaired) electrons. The van der Waals surface area contributed by atoms with Crippen molar-refractivity contribution in [3.63, 3.8) is 0 Å². The van der Waals surface area contributed by atoms with Gasteiger partial charge in [0.15, 0.2) is 11.0 Å². The number of para-hydroxylation sites is 1. The zero-order chi connectivity index (χ0) is 34.3. The largest absolute Gasteiger partial charge is 0.493 e. The van der Waals surface area contributed by atoms with Gasteiger partial charge in [-0.1, -0.05) is 64.9 Å². The topological polar surface area (TPSA) is 138 Å². The molecule has 12 nitrogen and oxygen atoms in total. The summed E-state index contributed by atoms with van der Waals surface area (Å²) in [6.07, 6.45) is 4.64. The lowest BCUT2D eigenvalue weighted by Crippen LogP contribution is -2.31. The summed E-state index contributed by atoms with van der Waals surface area (Å²) in [6.45, 7) is 1.70. The van der Waals surface area contributed by atoms with E-state index in [0.717, 1.165) is 16.8 Å². The number of thioether (sulfide) groups is 1. The average molecular weight is 708 g/mol. The molecule has 14 heteroatoms. The number of nitrogens with zero attached hydrogens (tertiary/aromatic N) is 7. The first-order valence-corrected chi connectivity index (χ1v) is 17.3. The highest BCUT2D eigenvalue weighted by molar-refractivity contribution is 7.98. The maximum atomic E-state index is 12.5. The van der Waals surface area contributed by atoms with Crippen LogP contribution in [0.2, 0.25) is 5.02 Å². The normalized spacial score (nSPS) is 12.5. The number of pyridine rings is 1. The van der Waals surface area contributed by atoms with Gasteiger partial charge in [-0.05, 0) is 55.0 Å². The highest BCUT2D eigenvalue weighted by atomic mass is 35.5. The van der Waals surface area contributed by atoms with Crippen LogP contribution in [0.4, 0.5) is 0 Å². The molecular formula is C36H30ClN7O5S. The number of hydrogen-bond acceptors (Lipinski definition) is 11. The van der Waals surface area contributed by atoms with Crippen LogP contribution in [0.25, 0.3) is 28.5 Å². The number of carbonyl (C=O) groups is 2. The SMILES string of the molecule is O=C1c2ccccc2C(=O)N1CCCOCCCOc1cccc(-c2noc(CSc3nnc(-c4ccncc4)n3-c3ccccc3Cl)n2)c1. The third kappa shape index (κ3) is 7.30. The van der Waals surface area contributed by atoms with Gasteiger partial charge >= 0.3 is 0 Å². The number of amides is 2. The molecule has 1 aliphatic rings. The fourth-order valence-corrected chi connectivity index (χ4v) is 6.41. The van der Waals surface area contributed by atoms with Crippen molar-refractivity contribution in [2.45, 2.75) is 23.8 Å². The van der Waals surface area contributed by atoms with Crippen molar-refractivity contribution in [3.05, 3.63) is 119 Å². The minimum atomic E-state index is -0.247. The summed E-state index contributed by atoms with van der Waals surface area (Å²) in [5, 5.41) is 14.3. The summed E-state index contributed by atoms with van der Waals surface area (Å²) in [6, 6.07) is 25.6. The average Bonchev–Trinajstić information content (AvgIpc) is 3.86. The van der Waals surface area contributed by atoms with Crippen LogP contribution in [0.15, 0.2) is 107 Å². The molecule has 3 aromatic heterocycles. The Balaban J connectivity index is 0.887. The lowest BCUT2D eigenvalue weighted by molar-refractivity contribution is 0.0622. The number of ether oxygens (including phenoxy) is 2. The maximum Gasteiger partial charge on any atom is 0.261 e. The fourth-order valence-electron chi connectivity index (χ4n) is 5.40. The van der Waals surface area contributed by atoms with Gasteiger partial charge in [0.1, 0.15) is 5.75 Å². The van der Waals surface area contributed by atoms with Crippen molar-refractivity contribution in [2.75, 3.05) is 26.4 Å². The van der Waals surface area contributed by atoms with Gasteiger partial charge in [0.25, 0.3) is 11.8 Å². The van der Waals surface area contributed by atoms with Crippen LogP contribution >= 0.6 is 23.4 Å². The van der Waals surface area contributed by atoms with Gasteiger partial charge in [-0.15, -0.1) is 10.2 Å². The summed E-state index contributed by atoms with van der Waals surface area (Å²) in [5.41, 5.74) is 3.28. The van der Waals surface area contributed by atoms with Gasteiger partial charge in [0.05, 0.1) is 34.2 Å². The fraction of sp³-hybridized carbons (Fsp3) is 0.194. The number of aromatic nitrogens is 6. The number of imide groups is 1. The molecule has 4 heterocycles. The van der Waals surface area contributed by atoms with Crippen molar-refractivity contribution in [1.29, 1.82) is 0 Å². The van der Waals surface area contributed by atoms with E-state index in [1.54, 1.807) is 36.7 Å². The molecule has 0 saturated carbocycles. The van der Waals surface area contributed by atoms with E-state index >= 15 is 0 Å². The Morgan fingerprint density at radius 2 is 1.56 bits per heavy atom. The van der Waals surface area contributed by atoms with Crippen molar-refractivity contribution >= 4 is 35.2 Å². The Labute approximate surface area is 296 Å². The second-order valence-electron chi connectivity index (χ2n) is 11.1. The highest BCUT2D eigenvalue weighted by Crippen LogP contribution is 2.33. The first-order valence-electron chi connectivity index (χ1n) is 15.9. The summed E-state index contributed by atoms with van der Waals surface area (Å²) in [7, 11) is 0. The molecular weight excluding hydrogens is 678 g/mol. The van der Waals surface area contributed by atoms with Gasteiger partial charge in [0, 0.05) is 49.7 Å². The van der Waals surface area contributed by atoms with Crippen molar-refractivity contribution in [2.24, 2.45) is 0 Å². The Hall–Kier alpha value is -5.37. The molecule has 252 valence electrons. The molecule has 1 aliphatic heterocycles. The molecule has 7 rings (SSSR count). The zero-order valence-electron chi connectivity index (χ0n) is 26.6. The summed E-state index contributed by atoms with van der Waals surface area (Å²) < 4.78 is 19.1. The van der Waals surface area contributed by atoms with E-state index in [9.17, 15) is 9.59 Å². The minimum Gasteiger partial charge on any atom is -0.493 e. The first kappa shape index (κ1) is 33.1. The van der Waals surface area contributed by atoms with E-state index in [0.29, 0.717) is 89.6 Å². The minimum absolute atomic E-state index is 0.247. The lowest BCUT2D eigenvalue weighted by atomic mass is 10.1. The quantitative estimate of drug-likeness (QED) is 0.0633. The predicted octanol–water partition coefficient (Wildman–Crippen LogP) is 6.80. The van der Waals surface area contributed by atoms with Crippen LogP contribution in [-0.2, 0) is 10.5 Å². The zero-order valence-corrected chi connectivity index (χ0v) is 28.2. The molecule has 6 aromatic rings. The Bertz CT molecular complexity index is 2090. The number of halogens is 1. The van der Waals surface area contributed by atoms with E-state index in [-0.39, 0.29) is 11.8 Å². The van der Waals surface area contributed by atoms with Crippen LogP contribution in [0.3, 0.4) is 0 Å². The lowest BCUT2D eigenvalue weighted by Gasteiger charge is -2.13. The summed E-state index contributed by atoms with van der Waals surface area (Å²) in [4.78, 5) is 34.9. The number of hydrogen-bond donors (Lipinski definition) is 0. The Morgan fingerprint density at radius 1 is 0.800 bits per heavy atom. The third-order valence-electron chi connectivity index (χ3n) is 7.80. The molecule has 3 aromatic carbocycles. The number of fused-ring (bicyclic) bond motifs is 1. The van der Waals surface area contributed by atoms with E-state index in [1.165, 1.54) is 16.7 Å². The molecule has 0 saturated heterocycles. The maximum absolute atomic E-state index is 12.5. The van der Waals surface area contributed by atoms with E-state index in [4.69, 9.17) is 25.6 Å². The smallest absolute Gasteiger partial charge is 0.261 e. The van der Waals surface area contributed by atoms with E-state index in [1.807, 2.05) is 65.2 Å². The molecule has 0 unspecified atom stereocenters. The molecule has 2 amide bonds. The van der Waals surface area contributed by atoms with E-state index < -0.39 is 0 Å². The monoisotopic (exact) mass is 707 g/mol. The van der Waals surface area contributed by atoms with Gasteiger partial charge in [-0.2, -0.15) is 4.98 Å². The standard InChI is InChI=1S/C36H30ClN7O5S/c37-29-12-3-4-13-30(29)44-33(24-14-16-38-17-15-24)40-41-36(44)50-23-31-39-32(42-49-31)25-8-5-9-26(22-25)48-21-7-20-47-19-6-18-43-34(45)27-10-1-2-11-28(27)35(43)46/h1-5,8-17,22H,6-7,18-21,23H2. The third-order valence-corrected chi connectivity index (χ3v) is 9.03. The van der Waals surface area contributed by atoms with Crippen LogP contribution < -0.4 is 4.74 Å². The number of carbonyl (C=O) groups excluding carboxylic acids is 2. The van der Waals surface area contributed by atoms with Gasteiger partial charge in [-0.25, -0.2) is 0 Å². The van der Waals surface area contributed by atoms with Gasteiger partial charge in [0.2, 0.25) is 11.7 Å². The van der Waals surface area contributed by atoms with Crippen LogP contribution in [-0.4, -0.2) is 73.0 Å². The van der Waals surface area contributed by atoms with Gasteiger partial charge in [-0.3, -0.25) is 24.0 Å². The Kier molecular flexibility index (Phi) is 10.2. The number of benzene rings is 3. The molecule has 50 heavy (non-hydrogen) atoms. The second-order valence-corrected chi connectivity index (χ2v) is 12.5. The first-order chi connectivity index (χ1) is 24.6. The van der Waals surface area contributed by atoms with E-state index in [2.05, 4.69) is 25.3 Å².